The number of hydrogen-bond acceptors (Lipinski definition) is 7. The van der Waals surface area contributed by atoms with E-state index >= 15 is 0 Å². The second kappa shape index (κ2) is 14.3. The monoisotopic (exact) mass is 633 g/mol. The fourth-order valence-corrected chi connectivity index (χ4v) is 6.65. The van der Waals surface area contributed by atoms with Crippen molar-refractivity contribution in [1.29, 1.82) is 0 Å². The molecule has 9 nitrogen and oxygen atoms in total. The summed E-state index contributed by atoms with van der Waals surface area (Å²) in [6.07, 6.45) is -0.0759. The summed E-state index contributed by atoms with van der Waals surface area (Å²) >= 11 is 0. The number of aromatic nitrogens is 2. The molecule has 0 radical (unpaired) electrons. The molecule has 11 heteroatoms. The Morgan fingerprint density at radius 2 is 1.87 bits per heavy atom. The Balaban J connectivity index is 1.15. The van der Waals surface area contributed by atoms with Crippen LogP contribution in [0.5, 0.6) is 11.5 Å². The van der Waals surface area contributed by atoms with E-state index in [9.17, 15) is 23.8 Å². The number of carbonyl (C=O) groups excluding carboxylic acids is 1. The molecule has 0 spiro atoms. The van der Waals surface area contributed by atoms with Crippen LogP contribution in [-0.2, 0) is 30.9 Å². The highest BCUT2D eigenvalue weighted by Crippen LogP contribution is 2.36. The van der Waals surface area contributed by atoms with Crippen molar-refractivity contribution in [2.75, 3.05) is 45.9 Å². The first-order chi connectivity index (χ1) is 22.3. The van der Waals surface area contributed by atoms with Gasteiger partial charge < -0.3 is 24.8 Å². The maximum atomic E-state index is 14.2. The van der Waals surface area contributed by atoms with Crippen LogP contribution in [-0.4, -0.2) is 86.7 Å². The van der Waals surface area contributed by atoms with Crippen LogP contribution in [0.1, 0.15) is 59.2 Å². The molecule has 1 saturated heterocycles. The number of H-pyrrole nitrogens is 1. The lowest BCUT2D eigenvalue weighted by Crippen LogP contribution is -2.46. The van der Waals surface area contributed by atoms with Gasteiger partial charge >= 0.3 is 0 Å². The van der Waals surface area contributed by atoms with Gasteiger partial charge in [-0.3, -0.25) is 14.6 Å². The van der Waals surface area contributed by atoms with Gasteiger partial charge in [0.05, 0.1) is 25.0 Å². The highest BCUT2D eigenvalue weighted by Gasteiger charge is 2.28. The Bertz CT molecular complexity index is 1670. The topological polar surface area (TPSA) is 105 Å². The van der Waals surface area contributed by atoms with Crippen LogP contribution in [0.3, 0.4) is 0 Å². The summed E-state index contributed by atoms with van der Waals surface area (Å²) < 4.78 is 34.7. The molecule has 1 amide bonds. The molecule has 1 fully saturated rings. The van der Waals surface area contributed by atoms with E-state index in [0.717, 1.165) is 43.5 Å². The molecule has 2 aliphatic rings. The number of aliphatic hydroxyl groups is 2. The van der Waals surface area contributed by atoms with Gasteiger partial charge in [0.25, 0.3) is 6.43 Å². The van der Waals surface area contributed by atoms with E-state index in [4.69, 9.17) is 4.74 Å². The summed E-state index contributed by atoms with van der Waals surface area (Å²) in [6, 6.07) is 14.6. The third-order valence-electron chi connectivity index (χ3n) is 9.22. The second-order valence-electron chi connectivity index (χ2n) is 12.2. The summed E-state index contributed by atoms with van der Waals surface area (Å²) in [7, 11) is 0. The molecule has 244 valence electrons. The minimum Gasteiger partial charge on any atom is -0.457 e. The number of hydrogen-bond donors (Lipinski definition) is 3. The number of carbonyl (C=O) groups is 1. The second-order valence-corrected chi connectivity index (χ2v) is 12.2. The normalized spacial score (nSPS) is 17.5. The van der Waals surface area contributed by atoms with Gasteiger partial charge in [0, 0.05) is 75.7 Å². The smallest absolute Gasteiger partial charge is 0.264 e. The number of β-amino-alcohol motifs (C(OH)–C–C–N with tert-alkyl or cyclic N) is 1. The Labute approximate surface area is 267 Å². The van der Waals surface area contributed by atoms with Crippen LogP contribution in [0.15, 0.2) is 54.7 Å². The van der Waals surface area contributed by atoms with Crippen molar-refractivity contribution < 1.29 is 28.5 Å². The first-order valence-corrected chi connectivity index (χ1v) is 16.0. The van der Waals surface area contributed by atoms with Crippen molar-refractivity contribution >= 4 is 16.9 Å². The molecule has 2 aromatic heterocycles. The number of alkyl halides is 2. The Morgan fingerprint density at radius 1 is 1.07 bits per heavy atom. The van der Waals surface area contributed by atoms with E-state index in [1.807, 2.05) is 23.1 Å². The standard InChI is InChI=1S/C35H41F2N5O4/c1-2-24-20-42(21-26-17-28(5-6-29(24)26)46-32-7-8-38-35-31(32)18-27(22-44)39-35)33(45)16-23-3-4-25(30(15-23)34(36)37)19-41-11-9-40(10-12-41)13-14-43/h3-8,15,17-18,24,34,43-44H,2,9-14,16,19-22H2,1H3,(H,38,39)/t24-/m0/s1. The van der Waals surface area contributed by atoms with Crippen LogP contribution in [0.25, 0.3) is 11.0 Å². The molecule has 1 atom stereocenters. The summed E-state index contributed by atoms with van der Waals surface area (Å²) in [5.74, 6) is 1.30. The Morgan fingerprint density at radius 3 is 2.61 bits per heavy atom. The number of piperazine rings is 1. The summed E-state index contributed by atoms with van der Waals surface area (Å²) in [4.78, 5) is 27.2. The predicted molar refractivity (Wildman–Crippen MR) is 171 cm³/mol. The zero-order valence-electron chi connectivity index (χ0n) is 26.1. The number of nitrogens with zero attached hydrogens (tertiary/aromatic N) is 4. The van der Waals surface area contributed by atoms with Crippen molar-refractivity contribution in [3.63, 3.8) is 0 Å². The number of rotatable bonds is 11. The molecule has 0 unspecified atom stereocenters. The zero-order chi connectivity index (χ0) is 32.2. The van der Waals surface area contributed by atoms with Gasteiger partial charge in [-0.05, 0) is 59.0 Å². The largest absolute Gasteiger partial charge is 0.457 e. The number of fused-ring (bicyclic) bond motifs is 2. The van der Waals surface area contributed by atoms with Crippen LogP contribution < -0.4 is 4.74 Å². The summed E-state index contributed by atoms with van der Waals surface area (Å²) in [5, 5.41) is 19.5. The Hall–Kier alpha value is -3.90. The van der Waals surface area contributed by atoms with Crippen LogP contribution in [0, 0.1) is 0 Å². The maximum absolute atomic E-state index is 14.2. The van der Waals surface area contributed by atoms with Crippen molar-refractivity contribution in [3.05, 3.63) is 88.2 Å². The van der Waals surface area contributed by atoms with E-state index in [2.05, 4.69) is 32.8 Å². The third-order valence-corrected chi connectivity index (χ3v) is 9.22. The Kier molecular flexibility index (Phi) is 9.93. The number of amides is 1. The molecule has 4 heterocycles. The molecule has 0 aliphatic carbocycles. The van der Waals surface area contributed by atoms with E-state index in [-0.39, 0.29) is 37.0 Å². The molecule has 3 N–H and O–H groups in total. The number of aromatic amines is 1. The molecule has 4 aromatic rings. The average molecular weight is 634 g/mol. The van der Waals surface area contributed by atoms with Crippen molar-refractivity contribution in [2.45, 2.75) is 51.8 Å². The minimum atomic E-state index is -2.63. The maximum Gasteiger partial charge on any atom is 0.264 e. The summed E-state index contributed by atoms with van der Waals surface area (Å²) in [6.45, 7) is 7.25. The van der Waals surface area contributed by atoms with Crippen LogP contribution >= 0.6 is 0 Å². The molecular weight excluding hydrogens is 592 g/mol. The average Bonchev–Trinajstić information content (AvgIpc) is 3.50. The lowest BCUT2D eigenvalue weighted by Gasteiger charge is -2.35. The van der Waals surface area contributed by atoms with Crippen molar-refractivity contribution in [1.82, 2.24) is 24.7 Å². The number of ether oxygens (including phenoxy) is 1. The number of nitrogens with one attached hydrogen (secondary N) is 1. The number of halogens is 2. The molecule has 0 bridgehead atoms. The lowest BCUT2D eigenvalue weighted by atomic mass is 9.87. The van der Waals surface area contributed by atoms with Crippen molar-refractivity contribution in [3.8, 4) is 11.5 Å². The van der Waals surface area contributed by atoms with Crippen molar-refractivity contribution in [2.24, 2.45) is 0 Å². The quantitative estimate of drug-likeness (QED) is 0.214. The molecule has 2 aliphatic heterocycles. The van der Waals surface area contributed by atoms with E-state index in [1.54, 1.807) is 24.4 Å². The molecular formula is C35H41F2N5O4. The van der Waals surface area contributed by atoms with Gasteiger partial charge in [0.15, 0.2) is 0 Å². The first kappa shape index (κ1) is 32.1. The molecule has 46 heavy (non-hydrogen) atoms. The predicted octanol–water partition coefficient (Wildman–Crippen LogP) is 4.97. The van der Waals surface area contributed by atoms with E-state index < -0.39 is 6.43 Å². The number of benzene rings is 2. The third kappa shape index (κ3) is 7.07. The fraction of sp³-hybridized carbons (Fsp3) is 0.429. The first-order valence-electron chi connectivity index (χ1n) is 16.0. The fourth-order valence-electron chi connectivity index (χ4n) is 6.65. The van der Waals surface area contributed by atoms with Gasteiger partial charge in [-0.2, -0.15) is 0 Å². The van der Waals surface area contributed by atoms with E-state index in [1.165, 1.54) is 11.6 Å². The highest BCUT2D eigenvalue weighted by atomic mass is 19.3. The SMILES string of the molecule is CC[C@H]1CN(C(=O)Cc2ccc(CN3CCN(CCO)CC3)c(C(F)F)c2)Cc2cc(Oc3ccnc4[nH]c(CO)cc34)ccc21. The molecule has 2 aromatic carbocycles. The molecule has 6 rings (SSSR count). The highest BCUT2D eigenvalue weighted by molar-refractivity contribution is 5.83. The van der Waals surface area contributed by atoms with Crippen LogP contribution in [0.2, 0.25) is 0 Å². The molecule has 0 saturated carbocycles. The summed E-state index contributed by atoms with van der Waals surface area (Å²) in [5.41, 5.74) is 4.62. The number of pyridine rings is 1. The minimum absolute atomic E-state index is 0.0148. The zero-order valence-corrected chi connectivity index (χ0v) is 26.1. The van der Waals surface area contributed by atoms with Gasteiger partial charge in [-0.15, -0.1) is 0 Å². The number of aliphatic hydroxyl groups excluding tert-OH is 2. The van der Waals surface area contributed by atoms with Gasteiger partial charge in [-0.25, -0.2) is 13.8 Å². The van der Waals surface area contributed by atoms with Crippen LogP contribution in [0.4, 0.5) is 8.78 Å². The van der Waals surface area contributed by atoms with Gasteiger partial charge in [-0.1, -0.05) is 25.1 Å². The lowest BCUT2D eigenvalue weighted by molar-refractivity contribution is -0.131. The van der Waals surface area contributed by atoms with Gasteiger partial charge in [0.1, 0.15) is 17.1 Å². The van der Waals surface area contributed by atoms with Gasteiger partial charge in [0.2, 0.25) is 5.91 Å². The van der Waals surface area contributed by atoms with E-state index in [0.29, 0.717) is 60.1 Å².